The summed E-state index contributed by atoms with van der Waals surface area (Å²) in [5.41, 5.74) is 1.10. The van der Waals surface area contributed by atoms with Crippen LogP contribution in [0.3, 0.4) is 0 Å². The Morgan fingerprint density at radius 1 is 1.19 bits per heavy atom. The highest BCUT2D eigenvalue weighted by Gasteiger charge is 2.04. The van der Waals surface area contributed by atoms with Crippen molar-refractivity contribution in [3.8, 4) is 0 Å². The van der Waals surface area contributed by atoms with Gasteiger partial charge >= 0.3 is 0 Å². The summed E-state index contributed by atoms with van der Waals surface area (Å²) in [6, 6.07) is 14.2. The topological polar surface area (TPSA) is 26.3 Å². The Kier molecular flexibility index (Phi) is 3.32. The van der Waals surface area contributed by atoms with Crippen molar-refractivity contribution in [3.05, 3.63) is 48.0 Å². The first kappa shape index (κ1) is 10.8. The van der Waals surface area contributed by atoms with Crippen molar-refractivity contribution in [2.24, 2.45) is 0 Å². The van der Waals surface area contributed by atoms with Gasteiger partial charge < -0.3 is 4.74 Å². The van der Waals surface area contributed by atoms with Crippen molar-refractivity contribution in [1.29, 1.82) is 0 Å². The Morgan fingerprint density at radius 3 is 2.75 bits per heavy atom. The first-order valence-electron chi connectivity index (χ1n) is 5.27. The van der Waals surface area contributed by atoms with Gasteiger partial charge in [0, 0.05) is 0 Å². The molecule has 81 valence electrons. The lowest BCUT2D eigenvalue weighted by Gasteiger charge is -2.08. The van der Waals surface area contributed by atoms with Crippen LogP contribution in [0, 0.1) is 0 Å². The van der Waals surface area contributed by atoms with Gasteiger partial charge in [0.15, 0.2) is 0 Å². The molecule has 0 saturated heterocycles. The Morgan fingerprint density at radius 2 is 1.94 bits per heavy atom. The zero-order valence-corrected chi connectivity index (χ0v) is 9.14. The van der Waals surface area contributed by atoms with E-state index >= 15 is 0 Å². The fraction of sp³-hybridized carbons (Fsp3) is 0.214. The molecule has 1 unspecified atom stereocenters. The van der Waals surface area contributed by atoms with E-state index in [1.165, 1.54) is 10.8 Å². The summed E-state index contributed by atoms with van der Waals surface area (Å²) in [4.78, 5) is 10.3. The second-order valence-corrected chi connectivity index (χ2v) is 3.71. The van der Waals surface area contributed by atoms with Crippen molar-refractivity contribution in [2.45, 2.75) is 19.6 Å². The maximum absolute atomic E-state index is 10.3. The minimum Gasteiger partial charge on any atom is -0.366 e. The van der Waals surface area contributed by atoms with Crippen molar-refractivity contribution in [1.82, 2.24) is 0 Å². The molecule has 0 heterocycles. The third-order valence-corrected chi connectivity index (χ3v) is 2.53. The SMILES string of the molecule is CC([C]=O)OCc1cccc2ccccc12. The molecule has 1 radical (unpaired) electrons. The summed E-state index contributed by atoms with van der Waals surface area (Å²) in [7, 11) is 0. The quantitative estimate of drug-likeness (QED) is 0.780. The molecule has 0 fully saturated rings. The van der Waals surface area contributed by atoms with Crippen LogP contribution in [-0.2, 0) is 16.1 Å². The van der Waals surface area contributed by atoms with Gasteiger partial charge in [-0.3, -0.25) is 4.79 Å². The molecule has 0 spiro atoms. The van der Waals surface area contributed by atoms with E-state index in [9.17, 15) is 4.79 Å². The van der Waals surface area contributed by atoms with Gasteiger partial charge in [0.25, 0.3) is 0 Å². The molecule has 0 N–H and O–H groups in total. The lowest BCUT2D eigenvalue weighted by Crippen LogP contribution is -2.08. The maximum Gasteiger partial charge on any atom is 0.229 e. The molecular formula is C14H13O2. The molecule has 2 aromatic carbocycles. The second kappa shape index (κ2) is 4.90. The maximum atomic E-state index is 10.3. The lowest BCUT2D eigenvalue weighted by molar-refractivity contribution is 0.0948. The van der Waals surface area contributed by atoms with Crippen LogP contribution in [0.15, 0.2) is 42.5 Å². The third kappa shape index (κ3) is 2.28. The Hall–Kier alpha value is -1.67. The fourth-order valence-electron chi connectivity index (χ4n) is 1.67. The van der Waals surface area contributed by atoms with Crippen LogP contribution in [0.2, 0.25) is 0 Å². The standard InChI is InChI=1S/C14H13O2/c1-11(9-15)16-10-13-7-4-6-12-5-2-3-8-14(12)13/h2-8,11H,10H2,1H3. The molecule has 1 atom stereocenters. The average Bonchev–Trinajstić information content (AvgIpc) is 2.35. The predicted molar refractivity (Wildman–Crippen MR) is 63.9 cm³/mol. The van der Waals surface area contributed by atoms with Crippen LogP contribution in [0.4, 0.5) is 0 Å². The summed E-state index contributed by atoms with van der Waals surface area (Å²) in [6.45, 7) is 2.13. The van der Waals surface area contributed by atoms with Crippen LogP contribution in [0.1, 0.15) is 12.5 Å². The summed E-state index contributed by atoms with van der Waals surface area (Å²) in [5, 5.41) is 2.36. The molecular weight excluding hydrogens is 200 g/mol. The van der Waals surface area contributed by atoms with E-state index in [4.69, 9.17) is 4.74 Å². The zero-order valence-electron chi connectivity index (χ0n) is 9.14. The van der Waals surface area contributed by atoms with Crippen molar-refractivity contribution in [2.75, 3.05) is 0 Å². The van der Waals surface area contributed by atoms with Gasteiger partial charge in [0.2, 0.25) is 6.29 Å². The second-order valence-electron chi connectivity index (χ2n) is 3.71. The van der Waals surface area contributed by atoms with Crippen LogP contribution in [0.25, 0.3) is 10.8 Å². The first-order chi connectivity index (χ1) is 7.81. The number of hydrogen-bond donors (Lipinski definition) is 0. The molecule has 0 amide bonds. The first-order valence-corrected chi connectivity index (χ1v) is 5.27. The molecule has 0 bridgehead atoms. The van der Waals surface area contributed by atoms with E-state index in [1.807, 2.05) is 30.6 Å². The highest BCUT2D eigenvalue weighted by Crippen LogP contribution is 2.19. The van der Waals surface area contributed by atoms with Gasteiger partial charge in [-0.2, -0.15) is 0 Å². The number of carbonyl (C=O) groups excluding carboxylic acids is 1. The highest BCUT2D eigenvalue weighted by atomic mass is 16.5. The number of hydrogen-bond acceptors (Lipinski definition) is 2. The molecule has 2 rings (SSSR count). The lowest BCUT2D eigenvalue weighted by atomic mass is 10.1. The number of ether oxygens (including phenoxy) is 1. The Balaban J connectivity index is 2.27. The van der Waals surface area contributed by atoms with Crippen LogP contribution < -0.4 is 0 Å². The minimum atomic E-state index is -0.473. The minimum absolute atomic E-state index is 0.442. The Bertz CT molecular complexity index is 486. The van der Waals surface area contributed by atoms with E-state index in [0.717, 1.165) is 5.56 Å². The number of rotatable bonds is 4. The molecule has 0 saturated carbocycles. The van der Waals surface area contributed by atoms with Crippen LogP contribution in [-0.4, -0.2) is 12.4 Å². The number of benzene rings is 2. The highest BCUT2D eigenvalue weighted by molar-refractivity contribution is 5.85. The van der Waals surface area contributed by atoms with E-state index < -0.39 is 6.10 Å². The van der Waals surface area contributed by atoms with Gasteiger partial charge in [0.05, 0.1) is 6.61 Å². The molecule has 2 heteroatoms. The molecule has 0 aliphatic heterocycles. The summed E-state index contributed by atoms with van der Waals surface area (Å²) in [6.07, 6.45) is 1.34. The summed E-state index contributed by atoms with van der Waals surface area (Å²) >= 11 is 0. The largest absolute Gasteiger partial charge is 0.366 e. The van der Waals surface area contributed by atoms with Gasteiger partial charge in [0.1, 0.15) is 6.10 Å². The molecule has 2 nitrogen and oxygen atoms in total. The summed E-state index contributed by atoms with van der Waals surface area (Å²) in [5.74, 6) is 0. The normalized spacial score (nSPS) is 12.6. The monoisotopic (exact) mass is 213 g/mol. The predicted octanol–water partition coefficient (Wildman–Crippen LogP) is 2.85. The summed E-state index contributed by atoms with van der Waals surface area (Å²) < 4.78 is 5.36. The molecule has 16 heavy (non-hydrogen) atoms. The van der Waals surface area contributed by atoms with E-state index in [2.05, 4.69) is 18.2 Å². The van der Waals surface area contributed by atoms with E-state index in [1.54, 1.807) is 6.92 Å². The van der Waals surface area contributed by atoms with Crippen molar-refractivity contribution >= 4 is 17.1 Å². The average molecular weight is 213 g/mol. The smallest absolute Gasteiger partial charge is 0.229 e. The zero-order chi connectivity index (χ0) is 11.4. The van der Waals surface area contributed by atoms with Crippen molar-refractivity contribution in [3.63, 3.8) is 0 Å². The molecule has 0 aliphatic carbocycles. The number of fused-ring (bicyclic) bond motifs is 1. The third-order valence-electron chi connectivity index (χ3n) is 2.53. The fourth-order valence-corrected chi connectivity index (χ4v) is 1.67. The Labute approximate surface area is 94.8 Å². The van der Waals surface area contributed by atoms with Gasteiger partial charge in [-0.25, -0.2) is 0 Å². The van der Waals surface area contributed by atoms with Crippen molar-refractivity contribution < 1.29 is 9.53 Å². The van der Waals surface area contributed by atoms with Gasteiger partial charge in [-0.15, -0.1) is 0 Å². The van der Waals surface area contributed by atoms with Gasteiger partial charge in [-0.1, -0.05) is 42.5 Å². The van der Waals surface area contributed by atoms with E-state index in [0.29, 0.717) is 6.61 Å². The van der Waals surface area contributed by atoms with Crippen LogP contribution >= 0.6 is 0 Å². The molecule has 0 aromatic heterocycles. The molecule has 2 aromatic rings. The molecule has 0 aliphatic rings. The van der Waals surface area contributed by atoms with E-state index in [-0.39, 0.29) is 0 Å². The van der Waals surface area contributed by atoms with Gasteiger partial charge in [-0.05, 0) is 23.3 Å². The van der Waals surface area contributed by atoms with Crippen LogP contribution in [0.5, 0.6) is 0 Å².